The van der Waals surface area contributed by atoms with Gasteiger partial charge in [0.2, 0.25) is 0 Å². The van der Waals surface area contributed by atoms with E-state index in [2.05, 4.69) is 63.7 Å². The highest BCUT2D eigenvalue weighted by atomic mass is 79.9. The molecule has 6 heteroatoms. The van der Waals surface area contributed by atoms with E-state index in [9.17, 15) is 4.79 Å². The Morgan fingerprint density at radius 1 is 1.24 bits per heavy atom. The number of halogens is 4. The van der Waals surface area contributed by atoms with E-state index < -0.39 is 5.97 Å². The largest absolute Gasteiger partial charge is 0.478 e. The molecule has 0 unspecified atom stereocenters. The summed E-state index contributed by atoms with van der Waals surface area (Å²) in [5.74, 6) is -0.965. The SMILES string of the molecule is Cc1c(Br)c(CBr)c(Br)c(Br)c1C=CC(=O)O. The van der Waals surface area contributed by atoms with Crippen LogP contribution in [0.15, 0.2) is 19.5 Å². The zero-order valence-corrected chi connectivity index (χ0v) is 15.1. The van der Waals surface area contributed by atoms with E-state index in [4.69, 9.17) is 5.11 Å². The Hall–Kier alpha value is 0.350. The maximum absolute atomic E-state index is 10.6. The second-order valence-electron chi connectivity index (χ2n) is 3.26. The molecule has 0 aliphatic carbocycles. The van der Waals surface area contributed by atoms with Crippen LogP contribution in [0.25, 0.3) is 6.08 Å². The first-order valence-corrected chi connectivity index (χ1v) is 8.03. The van der Waals surface area contributed by atoms with E-state index in [0.29, 0.717) is 5.33 Å². The molecule has 0 atom stereocenters. The number of carboxylic acid groups (broad SMARTS) is 1. The van der Waals surface area contributed by atoms with Crippen molar-refractivity contribution in [3.05, 3.63) is 36.2 Å². The number of hydrogen-bond donors (Lipinski definition) is 1. The lowest BCUT2D eigenvalue weighted by Crippen LogP contribution is -1.95. The Labute approximate surface area is 133 Å². The van der Waals surface area contributed by atoms with Crippen molar-refractivity contribution >= 4 is 75.8 Å². The van der Waals surface area contributed by atoms with E-state index in [1.54, 1.807) is 6.08 Å². The third-order valence-electron chi connectivity index (χ3n) is 2.22. The van der Waals surface area contributed by atoms with Crippen molar-refractivity contribution < 1.29 is 9.90 Å². The van der Waals surface area contributed by atoms with Gasteiger partial charge in [-0.15, -0.1) is 0 Å². The molecule has 0 aromatic heterocycles. The summed E-state index contributed by atoms with van der Waals surface area (Å²) in [7, 11) is 0. The Balaban J connectivity index is 3.48. The molecule has 1 aromatic rings. The first kappa shape index (κ1) is 15.4. The van der Waals surface area contributed by atoms with Crippen molar-refractivity contribution in [1.29, 1.82) is 0 Å². The van der Waals surface area contributed by atoms with Gasteiger partial charge in [-0.3, -0.25) is 0 Å². The van der Waals surface area contributed by atoms with Crippen LogP contribution in [0, 0.1) is 6.92 Å². The monoisotopic (exact) mass is 488 g/mol. The van der Waals surface area contributed by atoms with Gasteiger partial charge in [-0.25, -0.2) is 4.79 Å². The molecular formula is C11H8Br4O2. The normalized spacial score (nSPS) is 11.1. The molecule has 0 saturated carbocycles. The lowest BCUT2D eigenvalue weighted by Gasteiger charge is -2.14. The Bertz CT molecular complexity index is 466. The first-order chi connectivity index (χ1) is 7.90. The number of aliphatic carboxylic acids is 1. The summed E-state index contributed by atoms with van der Waals surface area (Å²) in [6, 6.07) is 0. The molecule has 0 amide bonds. The van der Waals surface area contributed by atoms with Gasteiger partial charge >= 0.3 is 5.97 Å². The van der Waals surface area contributed by atoms with Crippen molar-refractivity contribution in [3.63, 3.8) is 0 Å². The fourth-order valence-electron chi connectivity index (χ4n) is 1.33. The van der Waals surface area contributed by atoms with Crippen LogP contribution in [0.5, 0.6) is 0 Å². The summed E-state index contributed by atoms with van der Waals surface area (Å²) in [5, 5.41) is 9.37. The first-order valence-electron chi connectivity index (χ1n) is 4.53. The number of carbonyl (C=O) groups is 1. The van der Waals surface area contributed by atoms with E-state index in [-0.39, 0.29) is 0 Å². The van der Waals surface area contributed by atoms with Gasteiger partial charge in [-0.1, -0.05) is 31.9 Å². The molecule has 0 heterocycles. The van der Waals surface area contributed by atoms with Crippen LogP contribution in [0.4, 0.5) is 0 Å². The number of benzene rings is 1. The van der Waals surface area contributed by atoms with Gasteiger partial charge in [0.1, 0.15) is 0 Å². The Morgan fingerprint density at radius 2 is 1.82 bits per heavy atom. The summed E-state index contributed by atoms with van der Waals surface area (Å²) in [6.45, 7) is 1.94. The second kappa shape index (κ2) is 6.50. The van der Waals surface area contributed by atoms with Crippen LogP contribution in [-0.2, 0) is 10.1 Å². The second-order valence-corrected chi connectivity index (χ2v) is 6.20. The van der Waals surface area contributed by atoms with Crippen molar-refractivity contribution in [2.24, 2.45) is 0 Å². The maximum Gasteiger partial charge on any atom is 0.328 e. The minimum absolute atomic E-state index is 0.705. The molecule has 0 fully saturated rings. The molecule has 2 nitrogen and oxygen atoms in total. The van der Waals surface area contributed by atoms with Crippen LogP contribution in [0.2, 0.25) is 0 Å². The number of hydrogen-bond acceptors (Lipinski definition) is 1. The highest BCUT2D eigenvalue weighted by Crippen LogP contribution is 2.40. The quantitative estimate of drug-likeness (QED) is 0.355. The molecule has 1 rings (SSSR count). The smallest absolute Gasteiger partial charge is 0.328 e. The van der Waals surface area contributed by atoms with Gasteiger partial charge in [0, 0.05) is 24.8 Å². The molecule has 17 heavy (non-hydrogen) atoms. The van der Waals surface area contributed by atoms with Crippen LogP contribution in [0.3, 0.4) is 0 Å². The average Bonchev–Trinajstić information content (AvgIpc) is 2.27. The van der Waals surface area contributed by atoms with Crippen molar-refractivity contribution in [3.8, 4) is 0 Å². The molecule has 0 radical (unpaired) electrons. The van der Waals surface area contributed by atoms with Crippen molar-refractivity contribution in [2.45, 2.75) is 12.3 Å². The molecule has 0 aliphatic heterocycles. The number of carboxylic acids is 1. The molecular weight excluding hydrogens is 484 g/mol. The van der Waals surface area contributed by atoms with Crippen LogP contribution >= 0.6 is 63.7 Å². The van der Waals surface area contributed by atoms with E-state index in [1.807, 2.05) is 6.92 Å². The van der Waals surface area contributed by atoms with Crippen LogP contribution < -0.4 is 0 Å². The standard InChI is InChI=1S/C11H8Br4O2/c1-5-6(2-3-8(16)17)10(14)11(15)7(4-12)9(5)13/h2-3H,4H2,1H3,(H,16,17). The van der Waals surface area contributed by atoms with Gasteiger partial charge in [0.15, 0.2) is 0 Å². The highest BCUT2D eigenvalue weighted by Gasteiger charge is 2.15. The molecule has 0 spiro atoms. The minimum Gasteiger partial charge on any atom is -0.478 e. The summed E-state index contributed by atoms with van der Waals surface area (Å²) in [5.41, 5.74) is 2.92. The van der Waals surface area contributed by atoms with Gasteiger partial charge in [-0.2, -0.15) is 0 Å². The summed E-state index contributed by atoms with van der Waals surface area (Å²) >= 11 is 13.9. The predicted molar refractivity (Wildman–Crippen MR) is 83.6 cm³/mol. The Kier molecular flexibility index (Phi) is 5.89. The zero-order valence-electron chi connectivity index (χ0n) is 8.73. The summed E-state index contributed by atoms with van der Waals surface area (Å²) in [6.07, 6.45) is 2.70. The zero-order chi connectivity index (χ0) is 13.2. The average molecular weight is 492 g/mol. The fraction of sp³-hybridized carbons (Fsp3) is 0.182. The lowest BCUT2D eigenvalue weighted by molar-refractivity contribution is -0.131. The fourth-order valence-corrected chi connectivity index (χ4v) is 4.68. The number of rotatable bonds is 3. The highest BCUT2D eigenvalue weighted by molar-refractivity contribution is 9.13. The lowest BCUT2D eigenvalue weighted by atomic mass is 10.1. The summed E-state index contributed by atoms with van der Waals surface area (Å²) < 4.78 is 2.73. The van der Waals surface area contributed by atoms with Crippen molar-refractivity contribution in [2.75, 3.05) is 0 Å². The minimum atomic E-state index is -0.965. The van der Waals surface area contributed by atoms with Gasteiger partial charge < -0.3 is 5.11 Å². The predicted octanol–water partition coefficient (Wildman–Crippen LogP) is 5.28. The molecule has 1 aromatic carbocycles. The van der Waals surface area contributed by atoms with Gasteiger partial charge in [0.05, 0.1) is 0 Å². The number of alkyl halides is 1. The summed E-state index contributed by atoms with van der Waals surface area (Å²) in [4.78, 5) is 10.6. The van der Waals surface area contributed by atoms with E-state index in [1.165, 1.54) is 0 Å². The topological polar surface area (TPSA) is 37.3 Å². The third-order valence-corrected chi connectivity index (χ3v) is 6.08. The maximum atomic E-state index is 10.6. The Morgan fingerprint density at radius 3 is 2.29 bits per heavy atom. The molecule has 0 bridgehead atoms. The third kappa shape index (κ3) is 3.43. The van der Waals surface area contributed by atoms with Gasteiger partial charge in [0.25, 0.3) is 0 Å². The van der Waals surface area contributed by atoms with Crippen LogP contribution in [-0.4, -0.2) is 11.1 Å². The van der Waals surface area contributed by atoms with Gasteiger partial charge in [-0.05, 0) is 61.5 Å². The van der Waals surface area contributed by atoms with Crippen molar-refractivity contribution in [1.82, 2.24) is 0 Å². The molecule has 0 aliphatic rings. The molecule has 92 valence electrons. The van der Waals surface area contributed by atoms with Crippen LogP contribution in [0.1, 0.15) is 16.7 Å². The van der Waals surface area contributed by atoms with E-state index >= 15 is 0 Å². The molecule has 0 saturated heterocycles. The van der Waals surface area contributed by atoms with E-state index in [0.717, 1.165) is 36.2 Å². The molecule has 1 N–H and O–H groups in total.